The summed E-state index contributed by atoms with van der Waals surface area (Å²) in [6, 6.07) is 19.1. The molecule has 0 aromatic heterocycles. The molecule has 0 fully saturated rings. The summed E-state index contributed by atoms with van der Waals surface area (Å²) in [6.07, 6.45) is -1.69. The molecule has 0 spiro atoms. The normalized spacial score (nSPS) is 19.7. The van der Waals surface area contributed by atoms with Gasteiger partial charge in [0.25, 0.3) is 0 Å². The van der Waals surface area contributed by atoms with Crippen LogP contribution in [0.2, 0.25) is 19.6 Å². The Bertz CT molecular complexity index is 986. The molecule has 2 aromatic rings. The molecule has 2 aliphatic rings. The summed E-state index contributed by atoms with van der Waals surface area (Å²) >= 11 is 0. The molecule has 2 atom stereocenters. The van der Waals surface area contributed by atoms with Crippen molar-refractivity contribution in [1.82, 2.24) is 0 Å². The van der Waals surface area contributed by atoms with Crippen molar-refractivity contribution < 1.29 is 42.2 Å². The second-order valence-corrected chi connectivity index (χ2v) is 18.5. The van der Waals surface area contributed by atoms with Crippen LogP contribution in [0.3, 0.4) is 0 Å². The third kappa shape index (κ3) is 8.19. The second kappa shape index (κ2) is 12.8. The van der Waals surface area contributed by atoms with Crippen LogP contribution in [0.4, 0.5) is 0 Å². The first-order valence-corrected chi connectivity index (χ1v) is 16.5. The van der Waals surface area contributed by atoms with E-state index in [-0.39, 0.29) is 63.0 Å². The van der Waals surface area contributed by atoms with Crippen LogP contribution in [0, 0.1) is 24.8 Å². The van der Waals surface area contributed by atoms with Gasteiger partial charge in [0.15, 0.2) is 0 Å². The second-order valence-electron chi connectivity index (χ2n) is 13.4. The summed E-state index contributed by atoms with van der Waals surface area (Å²) in [5, 5.41) is 0. The molecule has 0 aliphatic carbocycles. The van der Waals surface area contributed by atoms with Gasteiger partial charge in [0.2, 0.25) is 6.15 Å². The van der Waals surface area contributed by atoms with E-state index in [9.17, 15) is 0 Å². The number of hydrogen-bond acceptors (Lipinski definition) is 4. The molecule has 37 heavy (non-hydrogen) atoms. The molecule has 0 unspecified atom stereocenters. The van der Waals surface area contributed by atoms with Crippen molar-refractivity contribution in [2.45, 2.75) is 73.3 Å². The molecule has 203 valence electrons. The molecule has 0 N–H and O–H groups in total. The van der Waals surface area contributed by atoms with E-state index >= 15 is 0 Å². The van der Waals surface area contributed by atoms with Gasteiger partial charge in [-0.15, -0.1) is 8.07 Å². The smallest absolute Gasteiger partial charge is 0.208 e. The summed E-state index contributed by atoms with van der Waals surface area (Å²) in [5.74, 6) is 1.50. The van der Waals surface area contributed by atoms with Gasteiger partial charge >= 0.3 is 0 Å². The number of ether oxygens (including phenoxy) is 2. The monoisotopic (exact) mass is 595 g/mol. The third-order valence-corrected chi connectivity index (χ3v) is 6.57. The Morgan fingerprint density at radius 3 is 1.59 bits per heavy atom. The van der Waals surface area contributed by atoms with Crippen LogP contribution in [0.5, 0.6) is 0 Å². The number of benzene rings is 1. The maximum Gasteiger partial charge on any atom is 0.208 e. The average Bonchev–Trinajstić information content (AvgIpc) is 3.50. The van der Waals surface area contributed by atoms with E-state index in [1.165, 1.54) is 0 Å². The number of nitrogens with zero attached hydrogens (tertiary/aromatic N) is 2. The van der Waals surface area contributed by atoms with Gasteiger partial charge in [0.05, 0.1) is 12.1 Å². The summed E-state index contributed by atoms with van der Waals surface area (Å²) in [7, 11) is -0.861. The largest absolute Gasteiger partial charge is 0.518 e. The van der Waals surface area contributed by atoms with Crippen LogP contribution in [0.1, 0.15) is 41.5 Å². The van der Waals surface area contributed by atoms with Gasteiger partial charge in [-0.3, -0.25) is 9.98 Å². The van der Waals surface area contributed by atoms with Crippen molar-refractivity contribution in [3.63, 3.8) is 0 Å². The molecule has 4 nitrogen and oxygen atoms in total. The minimum atomic E-state index is -1.69. The van der Waals surface area contributed by atoms with E-state index in [1.54, 1.807) is 0 Å². The Kier molecular flexibility index (Phi) is 11.8. The predicted molar refractivity (Wildman–Crippen MR) is 162 cm³/mol. The summed E-state index contributed by atoms with van der Waals surface area (Å²) < 4.78 is 12.8. The van der Waals surface area contributed by atoms with Crippen molar-refractivity contribution in [2.24, 2.45) is 20.8 Å². The molecule has 0 bridgehead atoms. The fraction of sp³-hybridized carbons (Fsp3) is 0.500. The van der Waals surface area contributed by atoms with E-state index in [2.05, 4.69) is 116 Å². The van der Waals surface area contributed by atoms with Crippen LogP contribution in [-0.2, 0) is 42.2 Å². The first-order chi connectivity index (χ1) is 16.1. The Labute approximate surface area is 253 Å². The summed E-state index contributed by atoms with van der Waals surface area (Å²) in [4.78, 5) is 10.3. The zero-order chi connectivity index (χ0) is 26.1. The molecule has 7 heteroatoms. The molecule has 4 rings (SSSR count). The summed E-state index contributed by atoms with van der Waals surface area (Å²) in [5.41, 5.74) is 2.32. The van der Waals surface area contributed by atoms with E-state index in [0.717, 1.165) is 22.5 Å². The Morgan fingerprint density at radius 1 is 0.838 bits per heavy atom. The van der Waals surface area contributed by atoms with E-state index in [1.807, 2.05) is 6.07 Å². The van der Waals surface area contributed by atoms with E-state index < -0.39 is 14.2 Å². The molecular formula is C30H47BN2O2SiY-4. The van der Waals surface area contributed by atoms with Gasteiger partial charge in [-0.25, -0.2) is 18.2 Å². The first-order valence-electron chi connectivity index (χ1n) is 12.8. The van der Waals surface area contributed by atoms with Gasteiger partial charge in [-0.1, -0.05) is 91.5 Å². The molecule has 1 radical (unpaired) electrons. The summed E-state index contributed by atoms with van der Waals surface area (Å²) in [6.45, 7) is 25.0. The molecule has 2 aliphatic heterocycles. The van der Waals surface area contributed by atoms with Gasteiger partial charge in [-0.2, -0.15) is 11.5 Å². The Morgan fingerprint density at radius 2 is 1.27 bits per heavy atom. The predicted octanol–water partition coefficient (Wildman–Crippen LogP) is 5.88. The number of rotatable bonds is 4. The van der Waals surface area contributed by atoms with Crippen molar-refractivity contribution in [1.29, 1.82) is 0 Å². The zero-order valence-corrected chi connectivity index (χ0v) is 28.7. The van der Waals surface area contributed by atoms with Crippen LogP contribution in [-0.4, -0.2) is 51.1 Å². The first kappa shape index (κ1) is 33.9. The quantitative estimate of drug-likeness (QED) is 0.328. The fourth-order valence-electron chi connectivity index (χ4n) is 4.43. The topological polar surface area (TPSA) is 43.2 Å². The average molecular weight is 596 g/mol. The van der Waals surface area contributed by atoms with Crippen molar-refractivity contribution in [3.05, 3.63) is 68.6 Å². The molecule has 2 heterocycles. The minimum Gasteiger partial charge on any atom is -0.518 e. The van der Waals surface area contributed by atoms with Crippen molar-refractivity contribution >= 4 is 36.7 Å². The van der Waals surface area contributed by atoms with Gasteiger partial charge < -0.3 is 28.9 Å². The fourth-order valence-corrected chi connectivity index (χ4v) is 4.43. The van der Waals surface area contributed by atoms with E-state index in [4.69, 9.17) is 19.5 Å². The number of aliphatic imine (C=N–C) groups is 2. The van der Waals surface area contributed by atoms with Crippen LogP contribution >= 0.6 is 0 Å². The van der Waals surface area contributed by atoms with Gasteiger partial charge in [0, 0.05) is 44.3 Å². The number of hydrogen-bond donors (Lipinski definition) is 0. The van der Waals surface area contributed by atoms with Crippen molar-refractivity contribution in [3.8, 4) is 0 Å². The Balaban J connectivity index is 0.000000895. The minimum absolute atomic E-state index is 0. The zero-order valence-electron chi connectivity index (χ0n) is 24.8. The van der Waals surface area contributed by atoms with Gasteiger partial charge in [0.1, 0.15) is 13.2 Å². The third-order valence-electron chi connectivity index (χ3n) is 6.57. The molecule has 2 aromatic carbocycles. The molecule has 0 saturated carbocycles. The van der Waals surface area contributed by atoms with Crippen LogP contribution < -0.4 is 10.9 Å². The maximum absolute atomic E-state index is 6.39. The van der Waals surface area contributed by atoms with Crippen LogP contribution in [0.15, 0.2) is 64.6 Å². The van der Waals surface area contributed by atoms with Crippen LogP contribution in [0.25, 0.3) is 0 Å². The van der Waals surface area contributed by atoms with E-state index in [0.29, 0.717) is 13.2 Å². The molecule has 0 amide bonds. The molecular weight excluding hydrogens is 548 g/mol. The Hall–Kier alpha value is -1.10. The molecule has 0 saturated heterocycles. The van der Waals surface area contributed by atoms with Gasteiger partial charge in [-0.05, 0) is 10.8 Å². The SMILES string of the molecule is CC(C)(C)[C@H]1COC([B-](C2=N[C@@H](C(C)(C)C)CO2)(c2ccccc2)c2ccc[cH-]2)=N1.[CH2-][Si](C)(C)C.[CH3-].[Y]. The standard InChI is InChI=1S/C25H33BN2O2.C4H11Si.CH3.Y/c1-24(2,3)20-16-29-22(27-20)26(19-14-10-11-15-19,18-12-8-7-9-13-18)23-28-21(17-30-23)25(4,5)6;1-5(2,3)4;;/h7-15,20-21H,16-17H2,1-6H3;1H2,2-4H3;1H3;/q-2;2*-1;/t20-,21-;;;/m1.../s1. The maximum atomic E-state index is 6.39. The van der Waals surface area contributed by atoms with Crippen molar-refractivity contribution in [2.75, 3.05) is 13.2 Å².